The number of aliphatic carboxylic acids is 4. The molecule has 0 aromatic carbocycles. The molecule has 0 spiro atoms. The normalized spacial score (nSPS) is 18.1. The Labute approximate surface area is 228 Å². The van der Waals surface area contributed by atoms with Gasteiger partial charge in [0.05, 0.1) is 26.2 Å². The van der Waals surface area contributed by atoms with Gasteiger partial charge in [-0.1, -0.05) is 0 Å². The van der Waals surface area contributed by atoms with Gasteiger partial charge in [0, 0.05) is 78.4 Å². The van der Waals surface area contributed by atoms with Gasteiger partial charge in [0.1, 0.15) is 11.8 Å². The van der Waals surface area contributed by atoms with Crippen molar-refractivity contribution in [3.05, 3.63) is 0 Å². The molecule has 0 aliphatic carbocycles. The highest BCUT2D eigenvalue weighted by Gasteiger charge is 2.28. The van der Waals surface area contributed by atoms with Crippen molar-refractivity contribution in [2.75, 3.05) is 91.8 Å². The molecule has 0 aromatic heterocycles. The number of nitrogens with two attached hydrogens (primary N) is 1. The minimum atomic E-state index is -1.12. The second-order valence-corrected chi connectivity index (χ2v) is 9.48. The predicted molar refractivity (Wildman–Crippen MR) is 139 cm³/mol. The molecule has 1 heterocycles. The number of Topliss-reactive ketones (excluding diaryl/α,β-unsaturated/α-hetero) is 1. The van der Waals surface area contributed by atoms with E-state index in [1.165, 1.54) is 0 Å². The summed E-state index contributed by atoms with van der Waals surface area (Å²) < 4.78 is 5.25. The molecule has 1 saturated heterocycles. The third-order valence-electron chi connectivity index (χ3n) is 6.38. The summed E-state index contributed by atoms with van der Waals surface area (Å²) in [5.74, 6) is -4.40. The molecule has 1 rings (SSSR count). The fourth-order valence-corrected chi connectivity index (χ4v) is 4.35. The number of carbonyl (C=O) groups excluding carboxylic acids is 1. The summed E-state index contributed by atoms with van der Waals surface area (Å²) in [6.07, 6.45) is 0.865. The maximum atomic E-state index is 12.4. The average Bonchev–Trinajstić information content (AvgIpc) is 2.84. The van der Waals surface area contributed by atoms with Crippen LogP contribution in [-0.2, 0) is 28.7 Å². The number of nitrogens with zero attached hydrogens (tertiary/aromatic N) is 4. The summed E-state index contributed by atoms with van der Waals surface area (Å²) in [6.45, 7) is 1.98. The fourth-order valence-electron chi connectivity index (χ4n) is 4.35. The molecule has 0 radical (unpaired) electrons. The van der Waals surface area contributed by atoms with Crippen LogP contribution in [-0.4, -0.2) is 167 Å². The van der Waals surface area contributed by atoms with Gasteiger partial charge >= 0.3 is 23.9 Å². The van der Waals surface area contributed by atoms with Crippen LogP contribution in [0.25, 0.3) is 0 Å². The van der Waals surface area contributed by atoms with Crippen LogP contribution in [0.4, 0.5) is 0 Å². The van der Waals surface area contributed by atoms with Crippen molar-refractivity contribution in [1.82, 2.24) is 19.6 Å². The fraction of sp³-hybridized carbons (Fsp3) is 0.792. The molecule has 6 N–H and O–H groups in total. The smallest absolute Gasteiger partial charge is 0.320 e. The molecule has 39 heavy (non-hydrogen) atoms. The Kier molecular flexibility index (Phi) is 17.1. The summed E-state index contributed by atoms with van der Waals surface area (Å²) in [7, 11) is 0. The molecule has 0 saturated carbocycles. The van der Waals surface area contributed by atoms with E-state index in [2.05, 4.69) is 0 Å². The highest BCUT2D eigenvalue weighted by atomic mass is 16.5. The lowest BCUT2D eigenvalue weighted by Crippen LogP contribution is -2.51. The first-order valence-electron chi connectivity index (χ1n) is 13.1. The molecule has 1 fully saturated rings. The number of carboxylic acid groups (broad SMARTS) is 4. The van der Waals surface area contributed by atoms with E-state index in [4.69, 9.17) is 10.5 Å². The van der Waals surface area contributed by atoms with Crippen LogP contribution < -0.4 is 5.73 Å². The minimum absolute atomic E-state index is 0.0478. The standard InChI is InChI=1S/C24H43N5O10/c25-5-15-39-14-1-2-19(30)3-4-20(24(37)38)29-12-10-27(17-22(33)34)8-6-26(16-21(31)32)7-9-28(11-13-29)18-23(35)36/h20H,1-18,25H2,(H,31,32)(H,33,34)(H,35,36)(H,37,38). The van der Waals surface area contributed by atoms with E-state index in [-0.39, 0.29) is 97.0 Å². The Hall–Kier alpha value is -2.69. The molecule has 0 amide bonds. The van der Waals surface area contributed by atoms with Crippen molar-refractivity contribution < 1.29 is 49.1 Å². The van der Waals surface area contributed by atoms with Gasteiger partial charge in [0.15, 0.2) is 0 Å². The summed E-state index contributed by atoms with van der Waals surface area (Å²) in [5, 5.41) is 37.9. The van der Waals surface area contributed by atoms with Crippen LogP contribution in [0.3, 0.4) is 0 Å². The lowest BCUT2D eigenvalue weighted by Gasteiger charge is -2.35. The number of ketones is 1. The molecule has 1 atom stereocenters. The Morgan fingerprint density at radius 2 is 1.10 bits per heavy atom. The molecule has 224 valence electrons. The zero-order valence-electron chi connectivity index (χ0n) is 22.4. The molecule has 0 bridgehead atoms. The van der Waals surface area contributed by atoms with Crippen LogP contribution in [0.5, 0.6) is 0 Å². The number of hydrogen-bond donors (Lipinski definition) is 5. The van der Waals surface area contributed by atoms with Gasteiger partial charge < -0.3 is 30.9 Å². The van der Waals surface area contributed by atoms with Crippen LogP contribution in [0, 0.1) is 0 Å². The molecule has 15 nitrogen and oxygen atoms in total. The van der Waals surface area contributed by atoms with Gasteiger partial charge in [-0.25, -0.2) is 0 Å². The van der Waals surface area contributed by atoms with Crippen molar-refractivity contribution in [2.45, 2.75) is 31.7 Å². The number of carbonyl (C=O) groups is 5. The molecule has 1 aliphatic rings. The first-order chi connectivity index (χ1) is 18.5. The molecule has 1 unspecified atom stereocenters. The molecule has 0 aromatic rings. The maximum Gasteiger partial charge on any atom is 0.320 e. The first kappa shape index (κ1) is 34.3. The van der Waals surface area contributed by atoms with E-state index in [0.717, 1.165) is 0 Å². The van der Waals surface area contributed by atoms with Crippen molar-refractivity contribution in [2.24, 2.45) is 5.73 Å². The lowest BCUT2D eigenvalue weighted by atomic mass is 10.0. The molecular weight excluding hydrogens is 518 g/mol. The van der Waals surface area contributed by atoms with E-state index in [1.807, 2.05) is 0 Å². The molecular formula is C24H43N5O10. The second-order valence-electron chi connectivity index (χ2n) is 9.48. The van der Waals surface area contributed by atoms with Crippen molar-refractivity contribution in [3.63, 3.8) is 0 Å². The first-order valence-corrected chi connectivity index (χ1v) is 13.1. The van der Waals surface area contributed by atoms with E-state index in [1.54, 1.807) is 19.6 Å². The van der Waals surface area contributed by atoms with Gasteiger partial charge in [-0.3, -0.25) is 43.6 Å². The minimum Gasteiger partial charge on any atom is -0.480 e. The molecule has 15 heteroatoms. The lowest BCUT2D eigenvalue weighted by molar-refractivity contribution is -0.145. The number of ether oxygens (including phenoxy) is 1. The number of rotatable bonds is 17. The zero-order valence-corrected chi connectivity index (χ0v) is 22.4. The third-order valence-corrected chi connectivity index (χ3v) is 6.38. The Bertz CT molecular complexity index is 767. The van der Waals surface area contributed by atoms with Crippen LogP contribution >= 0.6 is 0 Å². The summed E-state index contributed by atoms with van der Waals surface area (Å²) in [5.41, 5.74) is 5.35. The van der Waals surface area contributed by atoms with Gasteiger partial charge in [0.25, 0.3) is 0 Å². The van der Waals surface area contributed by atoms with Gasteiger partial charge in [-0.05, 0) is 12.8 Å². The Balaban J connectivity index is 2.99. The quantitative estimate of drug-likeness (QED) is 0.122. The highest BCUT2D eigenvalue weighted by molar-refractivity contribution is 5.80. The third kappa shape index (κ3) is 16.1. The van der Waals surface area contributed by atoms with Crippen LogP contribution in [0.15, 0.2) is 0 Å². The zero-order chi connectivity index (χ0) is 29.2. The van der Waals surface area contributed by atoms with Crippen LogP contribution in [0.2, 0.25) is 0 Å². The maximum absolute atomic E-state index is 12.4. The monoisotopic (exact) mass is 561 g/mol. The van der Waals surface area contributed by atoms with Gasteiger partial charge in [0.2, 0.25) is 0 Å². The Morgan fingerprint density at radius 1 is 0.667 bits per heavy atom. The van der Waals surface area contributed by atoms with Crippen molar-refractivity contribution >= 4 is 29.7 Å². The average molecular weight is 562 g/mol. The van der Waals surface area contributed by atoms with Crippen LogP contribution in [0.1, 0.15) is 25.7 Å². The summed E-state index contributed by atoms with van der Waals surface area (Å²) >= 11 is 0. The summed E-state index contributed by atoms with van der Waals surface area (Å²) in [6, 6.07) is -1.02. The number of carboxylic acids is 4. The van der Waals surface area contributed by atoms with Gasteiger partial charge in [-0.2, -0.15) is 0 Å². The van der Waals surface area contributed by atoms with E-state index in [0.29, 0.717) is 26.2 Å². The van der Waals surface area contributed by atoms with E-state index >= 15 is 0 Å². The Morgan fingerprint density at radius 3 is 1.49 bits per heavy atom. The number of hydrogen-bond acceptors (Lipinski definition) is 11. The highest BCUT2D eigenvalue weighted by Crippen LogP contribution is 2.12. The largest absolute Gasteiger partial charge is 0.480 e. The van der Waals surface area contributed by atoms with Crippen molar-refractivity contribution in [3.8, 4) is 0 Å². The van der Waals surface area contributed by atoms with Gasteiger partial charge in [-0.15, -0.1) is 0 Å². The van der Waals surface area contributed by atoms with E-state index in [9.17, 15) is 44.4 Å². The summed E-state index contributed by atoms with van der Waals surface area (Å²) in [4.78, 5) is 65.2. The second kappa shape index (κ2) is 19.4. The SMILES string of the molecule is NCCOCCCC(=O)CCC(C(=O)O)N1CCN(CC(=O)O)CCN(CC(=O)O)CCN(CC(=O)O)CC1. The van der Waals surface area contributed by atoms with E-state index < -0.39 is 29.9 Å². The topological polar surface area (TPSA) is 214 Å². The molecule has 1 aliphatic heterocycles. The predicted octanol–water partition coefficient (Wildman–Crippen LogP) is -1.98. The van der Waals surface area contributed by atoms with Crippen molar-refractivity contribution in [1.29, 1.82) is 0 Å².